The fraction of sp³-hybridized carbons (Fsp3) is 0.0357. The minimum absolute atomic E-state index is 0.0839. The normalized spacial score (nSPS) is 11.7. The molecular formula is C56H38O2. The maximum Gasteiger partial charge on any atom is 0.143 e. The maximum absolute atomic E-state index is 6.45. The summed E-state index contributed by atoms with van der Waals surface area (Å²) in [4.78, 5) is 0. The lowest BCUT2D eigenvalue weighted by atomic mass is 9.82. The molecule has 2 aromatic heterocycles. The first-order valence-electron chi connectivity index (χ1n) is 20.0. The lowest BCUT2D eigenvalue weighted by Crippen LogP contribution is -2.07. The Bertz CT molecular complexity index is 3070. The van der Waals surface area contributed by atoms with Crippen LogP contribution in [0.15, 0.2) is 221 Å². The van der Waals surface area contributed by atoms with Crippen molar-refractivity contribution in [3.63, 3.8) is 0 Å². The molecule has 9 aromatic carbocycles. The van der Waals surface area contributed by atoms with Crippen LogP contribution < -0.4 is 0 Å². The Kier molecular flexibility index (Phi) is 8.33. The molecule has 0 aliphatic heterocycles. The van der Waals surface area contributed by atoms with Crippen LogP contribution >= 0.6 is 0 Å². The van der Waals surface area contributed by atoms with Crippen molar-refractivity contribution in [1.29, 1.82) is 0 Å². The Labute approximate surface area is 337 Å². The summed E-state index contributed by atoms with van der Waals surface area (Å²) >= 11 is 0. The van der Waals surface area contributed by atoms with Gasteiger partial charge in [0.1, 0.15) is 22.3 Å². The Morgan fingerprint density at radius 3 is 1.28 bits per heavy atom. The summed E-state index contributed by atoms with van der Waals surface area (Å²) in [6.07, 6.45) is 0.821. The molecule has 2 nitrogen and oxygen atoms in total. The van der Waals surface area contributed by atoms with E-state index in [0.717, 1.165) is 72.6 Å². The maximum atomic E-state index is 6.45. The van der Waals surface area contributed by atoms with Crippen LogP contribution in [0.5, 0.6) is 0 Å². The Hall–Kier alpha value is -7.42. The summed E-state index contributed by atoms with van der Waals surface area (Å²) in [6.45, 7) is 0. The van der Waals surface area contributed by atoms with Gasteiger partial charge in [-0.15, -0.1) is 0 Å². The van der Waals surface area contributed by atoms with Crippen molar-refractivity contribution in [3.05, 3.63) is 229 Å². The number of benzene rings is 9. The van der Waals surface area contributed by atoms with E-state index in [4.69, 9.17) is 8.83 Å². The van der Waals surface area contributed by atoms with Gasteiger partial charge in [-0.05, 0) is 68.6 Å². The van der Waals surface area contributed by atoms with Gasteiger partial charge in [-0.2, -0.15) is 0 Å². The third-order valence-corrected chi connectivity index (χ3v) is 11.8. The van der Waals surface area contributed by atoms with Crippen LogP contribution in [-0.4, -0.2) is 0 Å². The van der Waals surface area contributed by atoms with Gasteiger partial charge in [0.2, 0.25) is 0 Å². The molecule has 0 atom stereocenters. The summed E-state index contributed by atoms with van der Waals surface area (Å²) < 4.78 is 12.9. The zero-order valence-corrected chi connectivity index (χ0v) is 31.8. The average molecular weight is 743 g/mol. The lowest BCUT2D eigenvalue weighted by Gasteiger charge is -2.22. The highest BCUT2D eigenvalue weighted by Gasteiger charge is 2.21. The second kappa shape index (κ2) is 14.3. The predicted molar refractivity (Wildman–Crippen MR) is 241 cm³/mol. The molecule has 0 saturated carbocycles. The predicted octanol–water partition coefficient (Wildman–Crippen LogP) is 15.5. The molecule has 0 spiro atoms. The fourth-order valence-electron chi connectivity index (χ4n) is 8.86. The molecular weight excluding hydrogens is 705 g/mol. The van der Waals surface area contributed by atoms with Crippen LogP contribution in [0.25, 0.3) is 88.4 Å². The zero-order chi connectivity index (χ0) is 38.4. The van der Waals surface area contributed by atoms with Crippen LogP contribution in [0.1, 0.15) is 22.6 Å². The van der Waals surface area contributed by atoms with Crippen molar-refractivity contribution in [2.75, 3.05) is 0 Å². The van der Waals surface area contributed by atoms with Crippen LogP contribution in [0.3, 0.4) is 0 Å². The molecule has 0 saturated heterocycles. The fourth-order valence-corrected chi connectivity index (χ4v) is 8.86. The van der Waals surface area contributed by atoms with E-state index in [2.05, 4.69) is 188 Å². The molecule has 2 heterocycles. The zero-order valence-electron chi connectivity index (χ0n) is 31.8. The third kappa shape index (κ3) is 5.98. The Morgan fingerprint density at radius 1 is 0.310 bits per heavy atom. The smallest absolute Gasteiger partial charge is 0.143 e. The highest BCUT2D eigenvalue weighted by molar-refractivity contribution is 6.10. The van der Waals surface area contributed by atoms with E-state index in [9.17, 15) is 0 Å². The SMILES string of the molecule is c1ccc(-c2ccc(-c3ccccc3)c(CC(c3ccc(-c4cccc5c4oc4ccccc45)cc3)c3ccc(-c4cccc5c4oc4ccccc45)cc3)c2)cc1. The van der Waals surface area contributed by atoms with Crippen molar-refractivity contribution < 1.29 is 8.83 Å². The topological polar surface area (TPSA) is 26.3 Å². The summed E-state index contributed by atoms with van der Waals surface area (Å²) in [5.74, 6) is 0.0839. The monoisotopic (exact) mass is 742 g/mol. The first-order valence-corrected chi connectivity index (χ1v) is 20.0. The Morgan fingerprint density at radius 2 is 0.741 bits per heavy atom. The van der Waals surface area contributed by atoms with Crippen molar-refractivity contribution >= 4 is 43.9 Å². The van der Waals surface area contributed by atoms with E-state index in [1.54, 1.807) is 0 Å². The van der Waals surface area contributed by atoms with Gasteiger partial charge in [-0.1, -0.05) is 200 Å². The second-order valence-electron chi connectivity index (χ2n) is 15.2. The van der Waals surface area contributed by atoms with E-state index >= 15 is 0 Å². The van der Waals surface area contributed by atoms with Gasteiger partial charge in [0, 0.05) is 38.6 Å². The van der Waals surface area contributed by atoms with Crippen LogP contribution in [0, 0.1) is 0 Å². The summed E-state index contributed by atoms with van der Waals surface area (Å²) in [7, 11) is 0. The standard InChI is InChI=1S/C56H38O2/c1-3-13-37(14-4-1)43-33-34-45(38-15-5-2-6-16-38)44(35-43)36-52(41-29-25-39(26-30-41)46-19-11-21-50-48-17-7-9-23-53(48)57-55(46)50)42-31-27-40(28-32-42)47-20-12-22-51-49-18-8-10-24-54(49)58-56(47)51/h1-35,52H,36H2. The van der Waals surface area contributed by atoms with E-state index < -0.39 is 0 Å². The molecule has 0 aliphatic rings. The van der Waals surface area contributed by atoms with Gasteiger partial charge < -0.3 is 8.83 Å². The van der Waals surface area contributed by atoms with E-state index in [1.165, 1.54) is 38.9 Å². The molecule has 0 amide bonds. The van der Waals surface area contributed by atoms with Crippen molar-refractivity contribution in [1.82, 2.24) is 0 Å². The second-order valence-corrected chi connectivity index (χ2v) is 15.2. The van der Waals surface area contributed by atoms with Crippen LogP contribution in [0.4, 0.5) is 0 Å². The molecule has 2 heteroatoms. The molecule has 58 heavy (non-hydrogen) atoms. The molecule has 11 rings (SSSR count). The van der Waals surface area contributed by atoms with Gasteiger partial charge >= 0.3 is 0 Å². The molecule has 11 aromatic rings. The molecule has 0 bridgehead atoms. The van der Waals surface area contributed by atoms with Gasteiger partial charge in [-0.25, -0.2) is 0 Å². The summed E-state index contributed by atoms with van der Waals surface area (Å²) in [5.41, 5.74) is 16.9. The highest BCUT2D eigenvalue weighted by Crippen LogP contribution is 2.41. The van der Waals surface area contributed by atoms with Gasteiger partial charge in [0.15, 0.2) is 0 Å². The van der Waals surface area contributed by atoms with Gasteiger partial charge in [0.25, 0.3) is 0 Å². The quantitative estimate of drug-likeness (QED) is 0.155. The molecule has 0 fully saturated rings. The van der Waals surface area contributed by atoms with E-state index in [0.29, 0.717) is 0 Å². The first kappa shape index (κ1) is 33.9. The molecule has 274 valence electrons. The minimum atomic E-state index is 0.0839. The lowest BCUT2D eigenvalue weighted by molar-refractivity contribution is 0.669. The number of rotatable bonds is 8. The van der Waals surface area contributed by atoms with Crippen LogP contribution in [-0.2, 0) is 6.42 Å². The number of furan rings is 2. The Balaban J connectivity index is 1.03. The number of para-hydroxylation sites is 4. The molecule has 0 unspecified atom stereocenters. The van der Waals surface area contributed by atoms with Crippen molar-refractivity contribution in [2.24, 2.45) is 0 Å². The third-order valence-electron chi connectivity index (χ3n) is 11.8. The summed E-state index contributed by atoms with van der Waals surface area (Å²) in [6, 6.07) is 76.2. The largest absolute Gasteiger partial charge is 0.455 e. The van der Waals surface area contributed by atoms with E-state index in [-0.39, 0.29) is 5.92 Å². The van der Waals surface area contributed by atoms with Crippen LogP contribution in [0.2, 0.25) is 0 Å². The first-order chi connectivity index (χ1) is 28.7. The van der Waals surface area contributed by atoms with Gasteiger partial charge in [-0.3, -0.25) is 0 Å². The highest BCUT2D eigenvalue weighted by atomic mass is 16.3. The average Bonchev–Trinajstić information content (AvgIpc) is 3.88. The van der Waals surface area contributed by atoms with Crippen molar-refractivity contribution in [2.45, 2.75) is 12.3 Å². The molecule has 0 radical (unpaired) electrons. The summed E-state index contributed by atoms with van der Waals surface area (Å²) in [5, 5.41) is 4.56. The molecule has 0 N–H and O–H groups in total. The van der Waals surface area contributed by atoms with Gasteiger partial charge in [0.05, 0.1) is 0 Å². The molecule has 0 aliphatic carbocycles. The van der Waals surface area contributed by atoms with E-state index in [1.807, 2.05) is 24.3 Å². The number of hydrogen-bond acceptors (Lipinski definition) is 2. The number of hydrogen-bond donors (Lipinski definition) is 0. The minimum Gasteiger partial charge on any atom is -0.455 e. The van der Waals surface area contributed by atoms with Crippen molar-refractivity contribution in [3.8, 4) is 44.5 Å². The number of fused-ring (bicyclic) bond motifs is 6.